The van der Waals surface area contributed by atoms with Crippen LogP contribution < -0.4 is 10.1 Å². The first-order valence-corrected chi connectivity index (χ1v) is 8.74. The normalized spacial score (nSPS) is 10.6. The third-order valence-corrected chi connectivity index (χ3v) is 4.34. The third kappa shape index (κ3) is 5.80. The van der Waals surface area contributed by atoms with Gasteiger partial charge in [0.05, 0.1) is 18.0 Å². The number of hydrogen-bond donors (Lipinski definition) is 1. The van der Waals surface area contributed by atoms with Crippen LogP contribution in [0.3, 0.4) is 0 Å². The van der Waals surface area contributed by atoms with Crippen LogP contribution in [0, 0.1) is 13.8 Å². The van der Waals surface area contributed by atoms with Crippen molar-refractivity contribution in [1.82, 2.24) is 10.5 Å². The molecule has 0 fully saturated rings. The Morgan fingerprint density at radius 2 is 2.26 bits per heavy atom. The van der Waals surface area contributed by atoms with Gasteiger partial charge in [-0.3, -0.25) is 4.79 Å². The lowest BCUT2D eigenvalue weighted by Gasteiger charge is -2.08. The van der Waals surface area contributed by atoms with Gasteiger partial charge in [0.15, 0.2) is 0 Å². The number of halogens is 1. The monoisotopic (exact) mass is 354 g/mol. The van der Waals surface area contributed by atoms with Gasteiger partial charge in [0, 0.05) is 16.3 Å². The fraction of sp³-hybridized carbons (Fsp3) is 0.375. The van der Waals surface area contributed by atoms with Gasteiger partial charge >= 0.3 is 0 Å². The number of benzene rings is 1. The number of aryl methyl sites for hydroxylation is 2. The molecule has 23 heavy (non-hydrogen) atoms. The molecule has 124 valence electrons. The minimum absolute atomic E-state index is 0.0172. The molecule has 0 spiro atoms. The van der Waals surface area contributed by atoms with Crippen LogP contribution in [0.2, 0.25) is 5.02 Å². The van der Waals surface area contributed by atoms with Crippen molar-refractivity contribution in [2.75, 3.05) is 18.9 Å². The van der Waals surface area contributed by atoms with E-state index in [2.05, 4.69) is 10.5 Å². The molecular weight excluding hydrogens is 336 g/mol. The first-order chi connectivity index (χ1) is 11.1. The van der Waals surface area contributed by atoms with Gasteiger partial charge < -0.3 is 14.6 Å². The molecule has 1 N–H and O–H groups in total. The summed E-state index contributed by atoms with van der Waals surface area (Å²) in [4.78, 5) is 11.8. The molecule has 1 amide bonds. The number of carbonyl (C=O) groups is 1. The molecule has 0 bridgehead atoms. The predicted octanol–water partition coefficient (Wildman–Crippen LogP) is 3.37. The van der Waals surface area contributed by atoms with Crippen molar-refractivity contribution < 1.29 is 14.1 Å². The Kier molecular flexibility index (Phi) is 6.80. The zero-order chi connectivity index (χ0) is 16.7. The molecule has 0 unspecified atom stereocenters. The number of thioether (sulfide) groups is 1. The Morgan fingerprint density at radius 3 is 2.96 bits per heavy atom. The summed E-state index contributed by atoms with van der Waals surface area (Å²) >= 11 is 7.40. The summed E-state index contributed by atoms with van der Waals surface area (Å²) in [5.41, 5.74) is 1.94. The van der Waals surface area contributed by atoms with Crippen molar-refractivity contribution >= 4 is 29.3 Å². The van der Waals surface area contributed by atoms with Crippen molar-refractivity contribution in [3.63, 3.8) is 0 Å². The van der Waals surface area contributed by atoms with Crippen LogP contribution in [0.15, 0.2) is 28.8 Å². The van der Waals surface area contributed by atoms with Crippen molar-refractivity contribution in [3.8, 4) is 5.75 Å². The molecule has 5 nitrogen and oxygen atoms in total. The van der Waals surface area contributed by atoms with E-state index in [1.54, 1.807) is 12.1 Å². The summed E-state index contributed by atoms with van der Waals surface area (Å²) in [7, 11) is 0. The van der Waals surface area contributed by atoms with Gasteiger partial charge in [-0.15, -0.1) is 11.8 Å². The van der Waals surface area contributed by atoms with Gasteiger partial charge in [-0.25, -0.2) is 0 Å². The highest BCUT2D eigenvalue weighted by Gasteiger charge is 2.09. The molecular formula is C16H19ClN2O3S. The Balaban J connectivity index is 1.60. The molecule has 1 heterocycles. The van der Waals surface area contributed by atoms with Crippen molar-refractivity contribution in [2.24, 2.45) is 0 Å². The molecule has 0 aliphatic heterocycles. The molecule has 1 aromatic heterocycles. The van der Waals surface area contributed by atoms with Gasteiger partial charge in [0.2, 0.25) is 5.91 Å². The van der Waals surface area contributed by atoms with Crippen LogP contribution in [-0.4, -0.2) is 30.0 Å². The fourth-order valence-electron chi connectivity index (χ4n) is 1.92. The molecule has 0 aliphatic rings. The van der Waals surface area contributed by atoms with E-state index in [1.165, 1.54) is 11.8 Å². The molecule has 2 aromatic rings. The summed E-state index contributed by atoms with van der Waals surface area (Å²) in [5, 5.41) is 7.34. The lowest BCUT2D eigenvalue weighted by molar-refractivity contribution is -0.118. The van der Waals surface area contributed by atoms with Crippen LogP contribution in [-0.2, 0) is 10.5 Å². The largest absolute Gasteiger partial charge is 0.492 e. The van der Waals surface area contributed by atoms with E-state index in [0.29, 0.717) is 35.4 Å². The van der Waals surface area contributed by atoms with Gasteiger partial charge in [0.25, 0.3) is 0 Å². The summed E-state index contributed by atoms with van der Waals surface area (Å²) in [6.07, 6.45) is 0. The fourth-order valence-corrected chi connectivity index (χ4v) is 3.11. The van der Waals surface area contributed by atoms with Crippen LogP contribution in [0.25, 0.3) is 0 Å². The maximum atomic E-state index is 11.8. The molecule has 7 heteroatoms. The molecule has 1 aromatic carbocycles. The SMILES string of the molecule is Cc1noc(C)c1CSCC(=O)NCCOc1cccc(Cl)c1. The lowest BCUT2D eigenvalue weighted by atomic mass is 10.2. The second-order valence-corrected chi connectivity index (χ2v) is 6.37. The molecule has 0 saturated heterocycles. The summed E-state index contributed by atoms with van der Waals surface area (Å²) < 4.78 is 10.6. The van der Waals surface area contributed by atoms with Crippen LogP contribution in [0.1, 0.15) is 17.0 Å². The summed E-state index contributed by atoms with van der Waals surface area (Å²) in [6, 6.07) is 7.17. The Hall–Kier alpha value is -1.66. The minimum Gasteiger partial charge on any atom is -0.492 e. The summed E-state index contributed by atoms with van der Waals surface area (Å²) in [5.74, 6) is 2.59. The maximum Gasteiger partial charge on any atom is 0.230 e. The quantitative estimate of drug-likeness (QED) is 0.736. The van der Waals surface area contributed by atoms with Crippen molar-refractivity contribution in [1.29, 1.82) is 0 Å². The second-order valence-electron chi connectivity index (χ2n) is 4.95. The van der Waals surface area contributed by atoms with E-state index >= 15 is 0 Å². The number of rotatable bonds is 8. The number of carbonyl (C=O) groups excluding carboxylic acids is 1. The highest BCUT2D eigenvalue weighted by molar-refractivity contribution is 7.99. The summed E-state index contributed by atoms with van der Waals surface area (Å²) in [6.45, 7) is 4.64. The second kappa shape index (κ2) is 8.84. The van der Waals surface area contributed by atoms with Crippen LogP contribution >= 0.6 is 23.4 Å². The highest BCUT2D eigenvalue weighted by Crippen LogP contribution is 2.19. The number of amides is 1. The van der Waals surface area contributed by atoms with E-state index in [0.717, 1.165) is 17.0 Å². The number of aromatic nitrogens is 1. The van der Waals surface area contributed by atoms with Gasteiger partial charge in [-0.05, 0) is 32.0 Å². The lowest BCUT2D eigenvalue weighted by Crippen LogP contribution is -2.29. The van der Waals surface area contributed by atoms with Gasteiger partial charge in [-0.1, -0.05) is 22.8 Å². The van der Waals surface area contributed by atoms with E-state index in [9.17, 15) is 4.79 Å². The predicted molar refractivity (Wildman–Crippen MR) is 92.1 cm³/mol. The Bertz CT molecular complexity index is 641. The number of ether oxygens (including phenoxy) is 1. The first-order valence-electron chi connectivity index (χ1n) is 7.21. The molecule has 0 atom stereocenters. The maximum absolute atomic E-state index is 11.8. The smallest absolute Gasteiger partial charge is 0.230 e. The number of hydrogen-bond acceptors (Lipinski definition) is 5. The standard InChI is InChI=1S/C16H19ClN2O3S/c1-11-15(12(2)22-19-11)9-23-10-16(20)18-6-7-21-14-5-3-4-13(17)8-14/h3-5,8H,6-7,9-10H2,1-2H3,(H,18,20). The average Bonchev–Trinajstić information content (AvgIpc) is 2.83. The van der Waals surface area contributed by atoms with E-state index < -0.39 is 0 Å². The molecule has 2 rings (SSSR count). The molecule has 0 aliphatic carbocycles. The highest BCUT2D eigenvalue weighted by atomic mass is 35.5. The average molecular weight is 355 g/mol. The van der Waals surface area contributed by atoms with Crippen molar-refractivity contribution in [2.45, 2.75) is 19.6 Å². The third-order valence-electron chi connectivity index (χ3n) is 3.15. The Labute approximate surface area is 144 Å². The van der Waals surface area contributed by atoms with E-state index in [4.69, 9.17) is 20.9 Å². The zero-order valence-corrected chi connectivity index (χ0v) is 14.7. The number of nitrogens with one attached hydrogen (secondary N) is 1. The van der Waals surface area contributed by atoms with E-state index in [-0.39, 0.29) is 5.91 Å². The topological polar surface area (TPSA) is 64.4 Å². The minimum atomic E-state index is -0.0172. The van der Waals surface area contributed by atoms with Gasteiger partial charge in [-0.2, -0.15) is 0 Å². The first kappa shape index (κ1) is 17.7. The van der Waals surface area contributed by atoms with E-state index in [1.807, 2.05) is 26.0 Å². The Morgan fingerprint density at radius 1 is 1.43 bits per heavy atom. The van der Waals surface area contributed by atoms with Crippen LogP contribution in [0.4, 0.5) is 0 Å². The molecule has 0 radical (unpaired) electrons. The van der Waals surface area contributed by atoms with Gasteiger partial charge in [0.1, 0.15) is 18.1 Å². The molecule has 0 saturated carbocycles. The van der Waals surface area contributed by atoms with Crippen LogP contribution in [0.5, 0.6) is 5.75 Å². The number of nitrogens with zero attached hydrogens (tertiary/aromatic N) is 1. The van der Waals surface area contributed by atoms with Crippen molar-refractivity contribution in [3.05, 3.63) is 46.3 Å². The zero-order valence-electron chi connectivity index (χ0n) is 13.1.